The smallest absolute Gasteiger partial charge is 0.00414 e. The first-order valence-corrected chi connectivity index (χ1v) is 8.58. The van der Waals surface area contributed by atoms with Crippen LogP contribution in [-0.4, -0.2) is 6.04 Å². The Bertz CT molecular complexity index is 170. The first kappa shape index (κ1) is 16.0. The largest absolute Gasteiger partial charge is 0.328 e. The molecule has 0 aromatic heterocycles. The highest BCUT2D eigenvalue weighted by Crippen LogP contribution is 2.27. The topological polar surface area (TPSA) is 26.0 Å². The Morgan fingerprint density at radius 2 is 1.50 bits per heavy atom. The third-order valence-electron chi connectivity index (χ3n) is 4.54. The summed E-state index contributed by atoms with van der Waals surface area (Å²) in [6.07, 6.45) is 19.7. The van der Waals surface area contributed by atoms with Crippen molar-refractivity contribution in [3.8, 4) is 0 Å². The van der Waals surface area contributed by atoms with Gasteiger partial charge < -0.3 is 5.73 Å². The molecule has 0 aliphatic heterocycles. The molecular formula is C17H35N. The molecule has 0 aromatic rings. The van der Waals surface area contributed by atoms with Crippen LogP contribution in [0.2, 0.25) is 0 Å². The van der Waals surface area contributed by atoms with E-state index in [4.69, 9.17) is 5.73 Å². The van der Waals surface area contributed by atoms with E-state index in [9.17, 15) is 0 Å². The van der Waals surface area contributed by atoms with Crippen LogP contribution in [0.1, 0.15) is 96.8 Å². The predicted octanol–water partition coefficient (Wildman–Crippen LogP) is 5.42. The van der Waals surface area contributed by atoms with Crippen LogP contribution in [0.25, 0.3) is 0 Å². The maximum atomic E-state index is 6.30. The highest BCUT2D eigenvalue weighted by atomic mass is 14.6. The standard InChI is InChI=1S/C17H35N/c1-2-3-4-5-6-11-14-17(18)15-16-12-9-7-8-10-13-16/h16-17H,2-15,18H2,1H3. The van der Waals surface area contributed by atoms with Gasteiger partial charge in [0.1, 0.15) is 0 Å². The van der Waals surface area contributed by atoms with Crippen LogP contribution in [-0.2, 0) is 0 Å². The Morgan fingerprint density at radius 3 is 2.17 bits per heavy atom. The van der Waals surface area contributed by atoms with Crippen molar-refractivity contribution in [1.29, 1.82) is 0 Å². The maximum Gasteiger partial charge on any atom is 0.00414 e. The SMILES string of the molecule is CCCCCCCCC(N)CC1CCCCCC1. The first-order chi connectivity index (χ1) is 8.83. The number of hydrogen-bond acceptors (Lipinski definition) is 1. The summed E-state index contributed by atoms with van der Waals surface area (Å²) in [5.41, 5.74) is 6.30. The molecule has 2 N–H and O–H groups in total. The van der Waals surface area contributed by atoms with E-state index >= 15 is 0 Å². The summed E-state index contributed by atoms with van der Waals surface area (Å²) in [5, 5.41) is 0. The fourth-order valence-electron chi connectivity index (χ4n) is 3.33. The van der Waals surface area contributed by atoms with Gasteiger partial charge in [-0.2, -0.15) is 0 Å². The molecule has 1 nitrogen and oxygen atoms in total. The second-order valence-electron chi connectivity index (χ2n) is 6.41. The van der Waals surface area contributed by atoms with Crippen molar-refractivity contribution in [2.75, 3.05) is 0 Å². The molecule has 1 saturated carbocycles. The van der Waals surface area contributed by atoms with Crippen molar-refractivity contribution in [2.24, 2.45) is 11.7 Å². The lowest BCUT2D eigenvalue weighted by atomic mass is 9.91. The molecule has 1 aliphatic rings. The van der Waals surface area contributed by atoms with Crippen molar-refractivity contribution in [1.82, 2.24) is 0 Å². The average Bonchev–Trinajstić information content (AvgIpc) is 2.62. The second kappa shape index (κ2) is 10.8. The molecule has 1 unspecified atom stereocenters. The van der Waals surface area contributed by atoms with Gasteiger partial charge in [-0.05, 0) is 18.8 Å². The van der Waals surface area contributed by atoms with E-state index in [1.807, 2.05) is 0 Å². The minimum Gasteiger partial charge on any atom is -0.328 e. The Morgan fingerprint density at radius 1 is 0.889 bits per heavy atom. The van der Waals surface area contributed by atoms with Crippen molar-refractivity contribution < 1.29 is 0 Å². The molecule has 0 bridgehead atoms. The zero-order valence-corrected chi connectivity index (χ0v) is 12.6. The molecule has 1 rings (SSSR count). The summed E-state index contributed by atoms with van der Waals surface area (Å²) in [5.74, 6) is 0.947. The van der Waals surface area contributed by atoms with Gasteiger partial charge in [0.15, 0.2) is 0 Å². The number of hydrogen-bond donors (Lipinski definition) is 1. The van der Waals surface area contributed by atoms with Crippen LogP contribution in [0.15, 0.2) is 0 Å². The van der Waals surface area contributed by atoms with Crippen molar-refractivity contribution in [2.45, 2.75) is 103 Å². The highest BCUT2D eigenvalue weighted by molar-refractivity contribution is 4.71. The number of unbranched alkanes of at least 4 members (excludes halogenated alkanes) is 5. The minimum absolute atomic E-state index is 0.485. The summed E-state index contributed by atoms with van der Waals surface area (Å²) in [6, 6.07) is 0.485. The fourth-order valence-corrected chi connectivity index (χ4v) is 3.33. The van der Waals surface area contributed by atoms with E-state index in [1.54, 1.807) is 0 Å². The van der Waals surface area contributed by atoms with Gasteiger partial charge in [0, 0.05) is 6.04 Å². The third-order valence-corrected chi connectivity index (χ3v) is 4.54. The number of nitrogens with two attached hydrogens (primary N) is 1. The third kappa shape index (κ3) is 8.13. The van der Waals surface area contributed by atoms with Crippen LogP contribution < -0.4 is 5.73 Å². The maximum absolute atomic E-state index is 6.30. The van der Waals surface area contributed by atoms with E-state index in [0.717, 1.165) is 5.92 Å². The Hall–Kier alpha value is -0.0400. The van der Waals surface area contributed by atoms with Gasteiger partial charge in [0.2, 0.25) is 0 Å². The molecule has 1 heteroatoms. The van der Waals surface area contributed by atoms with Gasteiger partial charge in [-0.1, -0.05) is 84.0 Å². The van der Waals surface area contributed by atoms with Crippen molar-refractivity contribution in [3.05, 3.63) is 0 Å². The summed E-state index contributed by atoms with van der Waals surface area (Å²) in [6.45, 7) is 2.28. The summed E-state index contributed by atoms with van der Waals surface area (Å²) < 4.78 is 0. The predicted molar refractivity (Wildman–Crippen MR) is 81.8 cm³/mol. The van der Waals surface area contributed by atoms with Gasteiger partial charge in [-0.15, -0.1) is 0 Å². The van der Waals surface area contributed by atoms with Crippen molar-refractivity contribution >= 4 is 0 Å². The second-order valence-corrected chi connectivity index (χ2v) is 6.41. The fraction of sp³-hybridized carbons (Fsp3) is 1.00. The molecule has 1 atom stereocenters. The molecule has 1 aliphatic carbocycles. The van der Waals surface area contributed by atoms with E-state index in [0.29, 0.717) is 6.04 Å². The van der Waals surface area contributed by atoms with Crippen LogP contribution >= 0.6 is 0 Å². The molecule has 0 aromatic carbocycles. The number of rotatable bonds is 9. The minimum atomic E-state index is 0.485. The average molecular weight is 253 g/mol. The van der Waals surface area contributed by atoms with Gasteiger partial charge >= 0.3 is 0 Å². The molecule has 0 saturated heterocycles. The summed E-state index contributed by atoms with van der Waals surface area (Å²) >= 11 is 0. The van der Waals surface area contributed by atoms with E-state index in [2.05, 4.69) is 6.92 Å². The van der Waals surface area contributed by atoms with E-state index in [-0.39, 0.29) is 0 Å². The molecule has 108 valence electrons. The molecule has 18 heavy (non-hydrogen) atoms. The molecule has 0 spiro atoms. The first-order valence-electron chi connectivity index (χ1n) is 8.58. The lowest BCUT2D eigenvalue weighted by Gasteiger charge is -2.19. The van der Waals surface area contributed by atoms with E-state index in [1.165, 1.54) is 89.9 Å². The molecular weight excluding hydrogens is 218 g/mol. The summed E-state index contributed by atoms with van der Waals surface area (Å²) in [7, 11) is 0. The molecule has 1 fully saturated rings. The molecule has 0 radical (unpaired) electrons. The Labute approximate surface area is 115 Å². The van der Waals surface area contributed by atoms with Gasteiger partial charge in [-0.25, -0.2) is 0 Å². The zero-order valence-electron chi connectivity index (χ0n) is 12.6. The van der Waals surface area contributed by atoms with Crippen LogP contribution in [0, 0.1) is 5.92 Å². The molecule has 0 heterocycles. The normalized spacial score (nSPS) is 19.7. The van der Waals surface area contributed by atoms with Crippen LogP contribution in [0.3, 0.4) is 0 Å². The lowest BCUT2D eigenvalue weighted by molar-refractivity contribution is 0.372. The van der Waals surface area contributed by atoms with Gasteiger partial charge in [0.25, 0.3) is 0 Å². The Kier molecular flexibility index (Phi) is 9.65. The summed E-state index contributed by atoms with van der Waals surface area (Å²) in [4.78, 5) is 0. The van der Waals surface area contributed by atoms with Crippen LogP contribution in [0.5, 0.6) is 0 Å². The van der Waals surface area contributed by atoms with Crippen LogP contribution in [0.4, 0.5) is 0 Å². The quantitative estimate of drug-likeness (QED) is 0.430. The monoisotopic (exact) mass is 253 g/mol. The van der Waals surface area contributed by atoms with E-state index < -0.39 is 0 Å². The molecule has 0 amide bonds. The van der Waals surface area contributed by atoms with Gasteiger partial charge in [-0.3, -0.25) is 0 Å². The zero-order chi connectivity index (χ0) is 13.1. The lowest BCUT2D eigenvalue weighted by Crippen LogP contribution is -2.23. The highest BCUT2D eigenvalue weighted by Gasteiger charge is 2.15. The van der Waals surface area contributed by atoms with Gasteiger partial charge in [0.05, 0.1) is 0 Å². The van der Waals surface area contributed by atoms with Crippen molar-refractivity contribution in [3.63, 3.8) is 0 Å². The Balaban J connectivity index is 1.97.